The van der Waals surface area contributed by atoms with E-state index in [2.05, 4.69) is 20.6 Å². The highest BCUT2D eigenvalue weighted by atomic mass is 16.6. The van der Waals surface area contributed by atoms with Gasteiger partial charge in [-0.05, 0) is 39.8 Å². The van der Waals surface area contributed by atoms with Crippen molar-refractivity contribution < 1.29 is 9.47 Å². The molecule has 2 aromatic carbocycles. The molecule has 2 heterocycles. The molecule has 7 nitrogen and oxygen atoms in total. The van der Waals surface area contributed by atoms with Gasteiger partial charge in [0.1, 0.15) is 13.2 Å². The topological polar surface area (TPSA) is 98.9 Å². The van der Waals surface area contributed by atoms with Crippen molar-refractivity contribution in [1.82, 2.24) is 20.6 Å². The van der Waals surface area contributed by atoms with Crippen molar-refractivity contribution in [1.29, 1.82) is 0 Å². The molecule has 1 aliphatic rings. The van der Waals surface area contributed by atoms with Gasteiger partial charge in [0.25, 0.3) is 0 Å². The number of hydrogen-bond donors (Lipinski definition) is 2. The average Bonchev–Trinajstić information content (AvgIpc) is 3.11. The largest absolute Gasteiger partial charge is 0.486 e. The van der Waals surface area contributed by atoms with Crippen LogP contribution in [-0.4, -0.2) is 33.8 Å². The zero-order chi connectivity index (χ0) is 15.6. The first kappa shape index (κ1) is 13.6. The number of tetrazole rings is 1. The molecule has 3 aromatic rings. The van der Waals surface area contributed by atoms with Crippen molar-refractivity contribution in [2.24, 2.45) is 0 Å². The zero-order valence-corrected chi connectivity index (χ0v) is 12.3. The average molecular weight is 309 g/mol. The van der Waals surface area contributed by atoms with E-state index in [1.165, 1.54) is 0 Å². The van der Waals surface area contributed by atoms with Crippen LogP contribution < -0.4 is 15.2 Å². The Bertz CT molecular complexity index is 832. The van der Waals surface area contributed by atoms with E-state index in [1.807, 2.05) is 36.4 Å². The number of nitrogens with zero attached hydrogens (tertiary/aromatic N) is 3. The van der Waals surface area contributed by atoms with E-state index in [1.54, 1.807) is 0 Å². The number of nitrogen functional groups attached to an aromatic ring is 1. The summed E-state index contributed by atoms with van der Waals surface area (Å²) in [5, 5.41) is 14.0. The van der Waals surface area contributed by atoms with E-state index in [4.69, 9.17) is 15.2 Å². The molecular formula is C16H15N5O2. The van der Waals surface area contributed by atoms with Gasteiger partial charge in [-0.2, -0.15) is 0 Å². The number of nitrogens with one attached hydrogen (secondary N) is 1. The van der Waals surface area contributed by atoms with Crippen molar-refractivity contribution in [3.8, 4) is 22.9 Å². The number of anilines is 1. The van der Waals surface area contributed by atoms with Crippen molar-refractivity contribution in [3.05, 3.63) is 47.5 Å². The predicted molar refractivity (Wildman–Crippen MR) is 84.3 cm³/mol. The van der Waals surface area contributed by atoms with Crippen LogP contribution in [0, 0.1) is 0 Å². The smallest absolute Gasteiger partial charge is 0.179 e. The fraction of sp³-hybridized carbons (Fsp3) is 0.188. The number of benzene rings is 2. The normalized spacial score (nSPS) is 13.0. The number of hydrogen-bond acceptors (Lipinski definition) is 6. The molecule has 0 spiro atoms. The molecule has 1 aliphatic heterocycles. The third-order valence-corrected chi connectivity index (χ3v) is 3.80. The summed E-state index contributed by atoms with van der Waals surface area (Å²) in [6.07, 6.45) is 0.652. The molecule has 116 valence electrons. The van der Waals surface area contributed by atoms with Crippen molar-refractivity contribution >= 4 is 5.69 Å². The molecular weight excluding hydrogens is 294 g/mol. The Balaban J connectivity index is 1.72. The van der Waals surface area contributed by atoms with E-state index in [0.29, 0.717) is 31.1 Å². The van der Waals surface area contributed by atoms with Crippen LogP contribution in [0.15, 0.2) is 36.4 Å². The Hall–Kier alpha value is -3.09. The van der Waals surface area contributed by atoms with Crippen LogP contribution in [0.25, 0.3) is 11.4 Å². The van der Waals surface area contributed by atoms with Gasteiger partial charge in [-0.3, -0.25) is 0 Å². The summed E-state index contributed by atoms with van der Waals surface area (Å²) in [5.74, 6) is 2.15. The maximum Gasteiger partial charge on any atom is 0.179 e. The summed E-state index contributed by atoms with van der Waals surface area (Å²) in [6, 6.07) is 11.7. The molecule has 0 bridgehead atoms. The quantitative estimate of drug-likeness (QED) is 0.716. The van der Waals surface area contributed by atoms with E-state index in [0.717, 1.165) is 28.2 Å². The Morgan fingerprint density at radius 3 is 2.78 bits per heavy atom. The van der Waals surface area contributed by atoms with E-state index in [9.17, 15) is 0 Å². The van der Waals surface area contributed by atoms with Gasteiger partial charge in [0.05, 0.1) is 0 Å². The third-order valence-electron chi connectivity index (χ3n) is 3.80. The first-order chi connectivity index (χ1) is 11.3. The van der Waals surface area contributed by atoms with Crippen molar-refractivity contribution in [2.45, 2.75) is 6.42 Å². The molecule has 1 aromatic heterocycles. The van der Waals surface area contributed by atoms with Gasteiger partial charge in [0.15, 0.2) is 17.3 Å². The highest BCUT2D eigenvalue weighted by molar-refractivity contribution is 5.69. The molecule has 0 unspecified atom stereocenters. The summed E-state index contributed by atoms with van der Waals surface area (Å²) >= 11 is 0. The first-order valence-electron chi connectivity index (χ1n) is 7.31. The second kappa shape index (κ2) is 5.60. The van der Waals surface area contributed by atoms with Crippen LogP contribution in [0.2, 0.25) is 0 Å². The standard InChI is InChI=1S/C16H15N5O2/c17-13-3-1-2-11(16-18-20-21-19-16)12(13)8-10-4-5-14-15(9-10)23-7-6-22-14/h1-5,9H,6-8,17H2,(H,18,19,20,21). The van der Waals surface area contributed by atoms with Gasteiger partial charge < -0.3 is 15.2 Å². The minimum Gasteiger partial charge on any atom is -0.486 e. The maximum atomic E-state index is 6.17. The third kappa shape index (κ3) is 2.57. The lowest BCUT2D eigenvalue weighted by Gasteiger charge is -2.19. The molecule has 7 heteroatoms. The number of rotatable bonds is 3. The maximum absolute atomic E-state index is 6.17. The lowest BCUT2D eigenvalue weighted by molar-refractivity contribution is 0.171. The molecule has 0 radical (unpaired) electrons. The second-order valence-corrected chi connectivity index (χ2v) is 5.28. The van der Waals surface area contributed by atoms with Crippen LogP contribution in [-0.2, 0) is 6.42 Å². The first-order valence-corrected chi connectivity index (χ1v) is 7.31. The minimum atomic E-state index is 0.568. The van der Waals surface area contributed by atoms with Crippen LogP contribution >= 0.6 is 0 Å². The Morgan fingerprint density at radius 1 is 1.09 bits per heavy atom. The molecule has 0 fully saturated rings. The summed E-state index contributed by atoms with van der Waals surface area (Å²) in [4.78, 5) is 0. The molecule has 0 aliphatic carbocycles. The van der Waals surface area contributed by atoms with E-state index >= 15 is 0 Å². The molecule has 0 saturated carbocycles. The van der Waals surface area contributed by atoms with Crippen molar-refractivity contribution in [3.63, 3.8) is 0 Å². The van der Waals surface area contributed by atoms with Gasteiger partial charge in [0, 0.05) is 17.7 Å². The molecule has 4 rings (SSSR count). The monoisotopic (exact) mass is 309 g/mol. The Kier molecular flexibility index (Phi) is 3.30. The number of aromatic amines is 1. The minimum absolute atomic E-state index is 0.568. The van der Waals surface area contributed by atoms with E-state index < -0.39 is 0 Å². The van der Waals surface area contributed by atoms with Gasteiger partial charge in [-0.1, -0.05) is 18.2 Å². The lowest BCUT2D eigenvalue weighted by atomic mass is 9.97. The van der Waals surface area contributed by atoms with Crippen LogP contribution in [0.4, 0.5) is 5.69 Å². The molecule has 23 heavy (non-hydrogen) atoms. The summed E-state index contributed by atoms with van der Waals surface area (Å²) in [5.41, 5.74) is 9.83. The number of H-pyrrole nitrogens is 1. The van der Waals surface area contributed by atoms with Gasteiger partial charge in [0.2, 0.25) is 0 Å². The number of nitrogens with two attached hydrogens (primary N) is 1. The number of fused-ring (bicyclic) bond motifs is 1. The van der Waals surface area contributed by atoms with Crippen LogP contribution in [0.1, 0.15) is 11.1 Å². The zero-order valence-electron chi connectivity index (χ0n) is 12.3. The SMILES string of the molecule is Nc1cccc(-c2nnn[nH]2)c1Cc1ccc2c(c1)OCCO2. The highest BCUT2D eigenvalue weighted by Crippen LogP contribution is 2.33. The van der Waals surface area contributed by atoms with Crippen molar-refractivity contribution in [2.75, 3.05) is 18.9 Å². The van der Waals surface area contributed by atoms with Gasteiger partial charge >= 0.3 is 0 Å². The van der Waals surface area contributed by atoms with E-state index in [-0.39, 0.29) is 0 Å². The highest BCUT2D eigenvalue weighted by Gasteiger charge is 2.15. The molecule has 0 saturated heterocycles. The summed E-state index contributed by atoms with van der Waals surface area (Å²) < 4.78 is 11.2. The Morgan fingerprint density at radius 2 is 1.96 bits per heavy atom. The summed E-state index contributed by atoms with van der Waals surface area (Å²) in [6.45, 7) is 1.15. The lowest BCUT2D eigenvalue weighted by Crippen LogP contribution is -2.15. The molecule has 0 atom stereocenters. The Labute approximate surface area is 132 Å². The number of aromatic nitrogens is 4. The van der Waals surface area contributed by atoms with Gasteiger partial charge in [-0.25, -0.2) is 5.10 Å². The summed E-state index contributed by atoms with van der Waals surface area (Å²) in [7, 11) is 0. The molecule has 3 N–H and O–H groups in total. The van der Waals surface area contributed by atoms with Crippen LogP contribution in [0.3, 0.4) is 0 Å². The predicted octanol–water partition coefficient (Wildman–Crippen LogP) is 1.81. The second-order valence-electron chi connectivity index (χ2n) is 5.28. The molecule has 0 amide bonds. The van der Waals surface area contributed by atoms with Crippen LogP contribution in [0.5, 0.6) is 11.5 Å². The van der Waals surface area contributed by atoms with Gasteiger partial charge in [-0.15, -0.1) is 5.10 Å². The number of ether oxygens (including phenoxy) is 2. The fourth-order valence-corrected chi connectivity index (χ4v) is 2.70. The fourth-order valence-electron chi connectivity index (χ4n) is 2.70.